The minimum Gasteiger partial charge on any atom is -0.381 e. The number of hydrogen-bond acceptors (Lipinski definition) is 4. The number of anilines is 1. The molecule has 1 aliphatic heterocycles. The zero-order valence-corrected chi connectivity index (χ0v) is 14.1. The van der Waals surface area contributed by atoms with Gasteiger partial charge in [0.1, 0.15) is 4.47 Å². The van der Waals surface area contributed by atoms with Gasteiger partial charge in [-0.05, 0) is 60.2 Å². The van der Waals surface area contributed by atoms with Gasteiger partial charge in [0.2, 0.25) is 0 Å². The molecule has 0 bridgehead atoms. The highest BCUT2D eigenvalue weighted by atomic mass is 79.9. The largest absolute Gasteiger partial charge is 0.381 e. The molecule has 1 saturated carbocycles. The maximum Gasteiger partial charge on any atom is 0.283 e. The van der Waals surface area contributed by atoms with E-state index in [1.54, 1.807) is 10.9 Å². The van der Waals surface area contributed by atoms with E-state index in [1.165, 1.54) is 31.4 Å². The van der Waals surface area contributed by atoms with E-state index >= 15 is 0 Å². The summed E-state index contributed by atoms with van der Waals surface area (Å²) in [6.07, 6.45) is 6.74. The van der Waals surface area contributed by atoms with E-state index in [2.05, 4.69) is 33.3 Å². The van der Waals surface area contributed by atoms with Gasteiger partial charge in [-0.3, -0.25) is 4.79 Å². The molecular weight excluding hydrogens is 338 g/mol. The molecule has 0 radical (unpaired) electrons. The minimum atomic E-state index is -0.0221. The highest BCUT2D eigenvalue weighted by molar-refractivity contribution is 9.10. The van der Waals surface area contributed by atoms with Crippen molar-refractivity contribution in [3.63, 3.8) is 0 Å². The van der Waals surface area contributed by atoms with E-state index in [4.69, 9.17) is 0 Å². The number of thioether (sulfide) groups is 1. The summed E-state index contributed by atoms with van der Waals surface area (Å²) in [5.41, 5.74) is 0.793. The van der Waals surface area contributed by atoms with Crippen molar-refractivity contribution >= 4 is 33.4 Å². The molecule has 3 rings (SSSR count). The molecule has 1 N–H and O–H groups in total. The summed E-state index contributed by atoms with van der Waals surface area (Å²) in [6.45, 7) is 3.92. The van der Waals surface area contributed by atoms with Gasteiger partial charge < -0.3 is 5.32 Å². The van der Waals surface area contributed by atoms with Crippen molar-refractivity contribution < 1.29 is 0 Å². The second kappa shape index (κ2) is 5.72. The van der Waals surface area contributed by atoms with E-state index in [0.29, 0.717) is 10.4 Å². The van der Waals surface area contributed by atoms with Crippen LogP contribution >= 0.6 is 27.7 Å². The summed E-state index contributed by atoms with van der Waals surface area (Å²) in [5, 5.41) is 7.68. The summed E-state index contributed by atoms with van der Waals surface area (Å²) in [4.78, 5) is 12.2. The fourth-order valence-electron chi connectivity index (χ4n) is 2.52. The summed E-state index contributed by atoms with van der Waals surface area (Å²) in [5.74, 6) is 1.89. The van der Waals surface area contributed by atoms with Crippen molar-refractivity contribution in [1.82, 2.24) is 9.78 Å². The van der Waals surface area contributed by atoms with Gasteiger partial charge in [-0.1, -0.05) is 0 Å². The maximum absolute atomic E-state index is 12.2. The number of rotatable bonds is 5. The Labute approximate surface area is 131 Å². The smallest absolute Gasteiger partial charge is 0.283 e. The second-order valence-electron chi connectivity index (χ2n) is 6.06. The van der Waals surface area contributed by atoms with Crippen LogP contribution in [0.2, 0.25) is 0 Å². The SMILES string of the molecule is CC1(CNc2cnn(CC3CC3)c(=O)c2Br)CCCS1. The average Bonchev–Trinajstić information content (AvgIpc) is 3.14. The molecule has 0 aromatic carbocycles. The highest BCUT2D eigenvalue weighted by Gasteiger charge is 2.29. The van der Waals surface area contributed by atoms with Gasteiger partial charge in [0, 0.05) is 17.8 Å². The lowest BCUT2D eigenvalue weighted by molar-refractivity contribution is 0.531. The van der Waals surface area contributed by atoms with Crippen LogP contribution in [0.25, 0.3) is 0 Å². The van der Waals surface area contributed by atoms with Crippen LogP contribution in [0.3, 0.4) is 0 Å². The number of nitrogens with one attached hydrogen (secondary N) is 1. The lowest BCUT2D eigenvalue weighted by atomic mass is 10.1. The third kappa shape index (κ3) is 3.22. The second-order valence-corrected chi connectivity index (χ2v) is 8.53. The van der Waals surface area contributed by atoms with E-state index in [1.807, 2.05) is 11.8 Å². The van der Waals surface area contributed by atoms with Crippen LogP contribution in [0.5, 0.6) is 0 Å². The normalized spacial score (nSPS) is 25.9. The predicted molar refractivity (Wildman–Crippen MR) is 87.5 cm³/mol. The fourth-order valence-corrected chi connectivity index (χ4v) is 4.21. The number of hydrogen-bond donors (Lipinski definition) is 1. The van der Waals surface area contributed by atoms with Crippen LogP contribution in [0.4, 0.5) is 5.69 Å². The molecule has 20 heavy (non-hydrogen) atoms. The monoisotopic (exact) mass is 357 g/mol. The average molecular weight is 358 g/mol. The predicted octanol–water partition coefficient (Wildman–Crippen LogP) is 3.11. The summed E-state index contributed by atoms with van der Waals surface area (Å²) in [6, 6.07) is 0. The van der Waals surface area contributed by atoms with Gasteiger partial charge in [0.25, 0.3) is 5.56 Å². The van der Waals surface area contributed by atoms with Crippen LogP contribution in [-0.2, 0) is 6.54 Å². The Hall–Kier alpha value is -0.490. The van der Waals surface area contributed by atoms with Gasteiger partial charge in [0.15, 0.2) is 0 Å². The van der Waals surface area contributed by atoms with Gasteiger partial charge in [-0.15, -0.1) is 0 Å². The van der Waals surface area contributed by atoms with Crippen molar-refractivity contribution in [1.29, 1.82) is 0 Å². The van der Waals surface area contributed by atoms with Crippen molar-refractivity contribution in [2.45, 2.75) is 43.9 Å². The lowest BCUT2D eigenvalue weighted by Gasteiger charge is -2.23. The Kier molecular flexibility index (Phi) is 4.13. The zero-order valence-electron chi connectivity index (χ0n) is 11.7. The van der Waals surface area contributed by atoms with Gasteiger partial charge in [-0.25, -0.2) is 4.68 Å². The van der Waals surface area contributed by atoms with Gasteiger partial charge in [0.05, 0.1) is 11.9 Å². The summed E-state index contributed by atoms with van der Waals surface area (Å²) >= 11 is 5.44. The van der Waals surface area contributed by atoms with E-state index in [-0.39, 0.29) is 10.3 Å². The molecule has 2 aliphatic rings. The topological polar surface area (TPSA) is 46.9 Å². The molecule has 110 valence electrons. The molecule has 1 aliphatic carbocycles. The zero-order chi connectivity index (χ0) is 14.2. The summed E-state index contributed by atoms with van der Waals surface area (Å²) in [7, 11) is 0. The number of nitrogens with zero attached hydrogens (tertiary/aromatic N) is 2. The molecule has 1 saturated heterocycles. The van der Waals surface area contributed by atoms with Crippen LogP contribution in [0.15, 0.2) is 15.5 Å². The Morgan fingerprint density at radius 3 is 3.05 bits per heavy atom. The van der Waals surface area contributed by atoms with Crippen LogP contribution in [-0.4, -0.2) is 26.8 Å². The van der Waals surface area contributed by atoms with Crippen molar-refractivity contribution in [3.8, 4) is 0 Å². The number of aromatic nitrogens is 2. The van der Waals surface area contributed by atoms with Gasteiger partial charge in [-0.2, -0.15) is 16.9 Å². The lowest BCUT2D eigenvalue weighted by Crippen LogP contribution is -2.29. The molecule has 0 spiro atoms. The molecule has 4 nitrogen and oxygen atoms in total. The minimum absolute atomic E-state index is 0.0221. The first-order valence-electron chi connectivity index (χ1n) is 7.21. The van der Waals surface area contributed by atoms with E-state index in [0.717, 1.165) is 18.8 Å². The Balaban J connectivity index is 1.70. The molecule has 1 aromatic heterocycles. The standard InChI is InChI=1S/C14H20BrN3OS/c1-14(5-2-6-20-14)9-16-11-7-17-18(8-10-3-4-10)13(19)12(11)15/h7,10,16H,2-6,8-9H2,1H3. The Morgan fingerprint density at radius 2 is 2.40 bits per heavy atom. The Bertz CT molecular complexity index is 550. The first-order valence-corrected chi connectivity index (χ1v) is 8.99. The molecule has 2 fully saturated rings. The first kappa shape index (κ1) is 14.4. The van der Waals surface area contributed by atoms with Crippen LogP contribution in [0, 0.1) is 5.92 Å². The molecule has 1 unspecified atom stereocenters. The quantitative estimate of drug-likeness (QED) is 0.879. The van der Waals surface area contributed by atoms with E-state index < -0.39 is 0 Å². The fraction of sp³-hybridized carbons (Fsp3) is 0.714. The molecule has 2 heterocycles. The van der Waals surface area contributed by atoms with Crippen molar-refractivity contribution in [2.75, 3.05) is 17.6 Å². The first-order chi connectivity index (χ1) is 9.57. The molecule has 6 heteroatoms. The molecule has 1 aromatic rings. The van der Waals surface area contributed by atoms with Crippen molar-refractivity contribution in [2.24, 2.45) is 5.92 Å². The van der Waals surface area contributed by atoms with Crippen LogP contribution in [0.1, 0.15) is 32.6 Å². The molecule has 1 atom stereocenters. The van der Waals surface area contributed by atoms with E-state index in [9.17, 15) is 4.79 Å². The highest BCUT2D eigenvalue weighted by Crippen LogP contribution is 2.38. The molecule has 0 amide bonds. The van der Waals surface area contributed by atoms with Crippen molar-refractivity contribution in [3.05, 3.63) is 21.0 Å². The summed E-state index contributed by atoms with van der Waals surface area (Å²) < 4.78 is 2.47. The maximum atomic E-state index is 12.2. The van der Waals surface area contributed by atoms with Gasteiger partial charge >= 0.3 is 0 Å². The Morgan fingerprint density at radius 1 is 1.60 bits per heavy atom. The third-order valence-corrected chi connectivity index (χ3v) is 6.37. The molecular formula is C14H20BrN3OS. The third-order valence-electron chi connectivity index (χ3n) is 4.07. The van der Waals surface area contributed by atoms with Crippen LogP contribution < -0.4 is 10.9 Å². The number of halogens is 1.